The fourth-order valence-corrected chi connectivity index (χ4v) is 4.37. The normalized spacial score (nSPS) is 12.3. The van der Waals surface area contributed by atoms with Gasteiger partial charge in [-0.1, -0.05) is 11.3 Å². The van der Waals surface area contributed by atoms with E-state index in [1.165, 1.54) is 15.9 Å². The number of hydrogen-bond donors (Lipinski definition) is 0. The lowest BCUT2D eigenvalue weighted by molar-refractivity contribution is 0.592. The molecule has 6 nitrogen and oxygen atoms in total. The van der Waals surface area contributed by atoms with Crippen LogP contribution in [-0.2, 0) is 9.84 Å². The van der Waals surface area contributed by atoms with Crippen LogP contribution in [-0.4, -0.2) is 28.2 Å². The Kier molecular flexibility index (Phi) is 3.00. The van der Waals surface area contributed by atoms with Crippen molar-refractivity contribution in [2.24, 2.45) is 0 Å². The van der Waals surface area contributed by atoms with Gasteiger partial charge in [-0.3, -0.25) is 0 Å². The van der Waals surface area contributed by atoms with Gasteiger partial charge in [0.15, 0.2) is 5.65 Å². The van der Waals surface area contributed by atoms with Crippen LogP contribution < -0.4 is 0 Å². The predicted molar refractivity (Wildman–Crippen MR) is 86.4 cm³/mol. The molecule has 0 fully saturated rings. The van der Waals surface area contributed by atoms with Crippen LogP contribution in [0, 0.1) is 20.0 Å². The first kappa shape index (κ1) is 14.3. The third-order valence-corrected chi connectivity index (χ3v) is 6.25. The Labute approximate surface area is 136 Å². The zero-order valence-electron chi connectivity index (χ0n) is 12.3. The summed E-state index contributed by atoms with van der Waals surface area (Å²) in [7, 11) is -3.79. The third-order valence-electron chi connectivity index (χ3n) is 3.80. The average molecular weight is 343 g/mol. The highest BCUT2D eigenvalue weighted by atomic mass is 32.2. The van der Waals surface area contributed by atoms with Crippen LogP contribution in [0.5, 0.6) is 0 Å². The standard InChI is InChI=1S/C15H11N4O2S2/c1-9-3-4-11(7-10(9)2)23(20,21)15-14-16-8-13-12(5-6-22-13)19(14)18-17-15/h3-7H,1-2H3. The van der Waals surface area contributed by atoms with Gasteiger partial charge in [0.2, 0.25) is 14.9 Å². The Morgan fingerprint density at radius 2 is 2.00 bits per heavy atom. The minimum atomic E-state index is -3.79. The molecule has 0 atom stereocenters. The number of thiophene rings is 1. The van der Waals surface area contributed by atoms with Crippen LogP contribution in [0.3, 0.4) is 0 Å². The van der Waals surface area contributed by atoms with Gasteiger partial charge in [-0.05, 0) is 48.6 Å². The van der Waals surface area contributed by atoms with Gasteiger partial charge in [0.25, 0.3) is 0 Å². The van der Waals surface area contributed by atoms with Gasteiger partial charge < -0.3 is 0 Å². The van der Waals surface area contributed by atoms with Crippen molar-refractivity contribution in [1.29, 1.82) is 0 Å². The molecule has 0 aliphatic heterocycles. The van der Waals surface area contributed by atoms with Crippen molar-refractivity contribution in [1.82, 2.24) is 19.8 Å². The van der Waals surface area contributed by atoms with Gasteiger partial charge >= 0.3 is 0 Å². The molecule has 0 saturated heterocycles. The molecule has 0 N–H and O–H groups in total. The topological polar surface area (TPSA) is 77.2 Å². The minimum absolute atomic E-state index is 0.148. The van der Waals surface area contributed by atoms with E-state index in [0.717, 1.165) is 21.3 Å². The molecule has 0 aliphatic rings. The van der Waals surface area contributed by atoms with Crippen molar-refractivity contribution in [2.75, 3.05) is 0 Å². The van der Waals surface area contributed by atoms with E-state index in [1.54, 1.807) is 18.2 Å². The fraction of sp³-hybridized carbons (Fsp3) is 0.133. The molecule has 0 bridgehead atoms. The molecule has 0 amide bonds. The fourth-order valence-electron chi connectivity index (χ4n) is 2.34. The molecule has 0 spiro atoms. The molecular weight excluding hydrogens is 332 g/mol. The largest absolute Gasteiger partial charge is 0.229 e. The summed E-state index contributed by atoms with van der Waals surface area (Å²) in [4.78, 5) is 4.31. The summed E-state index contributed by atoms with van der Waals surface area (Å²) in [5.41, 5.74) is 2.87. The Hall–Kier alpha value is -2.32. The van der Waals surface area contributed by atoms with Crippen molar-refractivity contribution >= 4 is 37.0 Å². The molecule has 0 unspecified atom stereocenters. The molecule has 3 aromatic heterocycles. The van der Waals surface area contributed by atoms with Crippen LogP contribution in [0.4, 0.5) is 0 Å². The number of fused-ring (bicyclic) bond motifs is 3. The Morgan fingerprint density at radius 3 is 2.78 bits per heavy atom. The van der Waals surface area contributed by atoms with E-state index in [2.05, 4.69) is 21.5 Å². The summed E-state index contributed by atoms with van der Waals surface area (Å²) in [6.07, 6.45) is 2.85. The van der Waals surface area contributed by atoms with E-state index >= 15 is 0 Å². The number of nitrogens with zero attached hydrogens (tertiary/aromatic N) is 4. The molecular formula is C15H11N4O2S2. The molecule has 115 valence electrons. The zero-order valence-corrected chi connectivity index (χ0v) is 13.9. The SMILES string of the molecule is Cc1ccc(S(=O)(=O)c2nnn3c2n[c]c2sccc23)cc1C. The first-order chi connectivity index (χ1) is 11.0. The molecule has 3 heterocycles. The summed E-state index contributed by atoms with van der Waals surface area (Å²) in [5, 5.41) is 9.56. The summed E-state index contributed by atoms with van der Waals surface area (Å²) < 4.78 is 28.0. The summed E-state index contributed by atoms with van der Waals surface area (Å²) in [6.45, 7) is 3.81. The quantitative estimate of drug-likeness (QED) is 0.559. The molecule has 23 heavy (non-hydrogen) atoms. The average Bonchev–Trinajstić information content (AvgIpc) is 3.14. The number of rotatable bonds is 2. The summed E-state index contributed by atoms with van der Waals surface area (Å²) in [6, 6.07) is 6.84. The van der Waals surface area contributed by atoms with E-state index in [1.807, 2.05) is 25.3 Å². The zero-order chi connectivity index (χ0) is 16.2. The minimum Gasteiger partial charge on any atom is -0.223 e. The Morgan fingerprint density at radius 1 is 1.17 bits per heavy atom. The molecule has 4 aromatic rings. The second-order valence-electron chi connectivity index (χ2n) is 5.24. The molecule has 4 rings (SSSR count). The highest BCUT2D eigenvalue weighted by molar-refractivity contribution is 7.91. The molecule has 1 aromatic carbocycles. The molecule has 0 saturated carbocycles. The lowest BCUT2D eigenvalue weighted by Gasteiger charge is -2.05. The Bertz CT molecular complexity index is 1160. The number of aromatic nitrogens is 4. The number of hydrogen-bond acceptors (Lipinski definition) is 6. The van der Waals surface area contributed by atoms with Crippen molar-refractivity contribution in [2.45, 2.75) is 23.8 Å². The first-order valence-electron chi connectivity index (χ1n) is 6.81. The second kappa shape index (κ2) is 4.84. The maximum absolute atomic E-state index is 12.9. The van der Waals surface area contributed by atoms with Crippen LogP contribution in [0.2, 0.25) is 0 Å². The van der Waals surface area contributed by atoms with Crippen molar-refractivity contribution < 1.29 is 8.42 Å². The van der Waals surface area contributed by atoms with Crippen LogP contribution >= 0.6 is 11.3 Å². The van der Waals surface area contributed by atoms with Gasteiger partial charge in [-0.25, -0.2) is 13.4 Å². The van der Waals surface area contributed by atoms with Crippen molar-refractivity contribution in [3.8, 4) is 0 Å². The van der Waals surface area contributed by atoms with Crippen molar-refractivity contribution in [3.05, 3.63) is 47.0 Å². The van der Waals surface area contributed by atoms with E-state index in [4.69, 9.17) is 0 Å². The number of sulfone groups is 1. The summed E-state index contributed by atoms with van der Waals surface area (Å²) in [5.74, 6) is 0. The monoisotopic (exact) mass is 343 g/mol. The first-order valence-corrected chi connectivity index (χ1v) is 9.17. The highest BCUT2D eigenvalue weighted by Gasteiger charge is 2.26. The smallest absolute Gasteiger partial charge is 0.223 e. The number of aryl methyl sites for hydroxylation is 2. The third kappa shape index (κ3) is 2.06. The number of benzene rings is 1. The summed E-state index contributed by atoms with van der Waals surface area (Å²) >= 11 is 1.46. The molecule has 1 radical (unpaired) electrons. The van der Waals surface area contributed by atoms with Gasteiger partial charge in [-0.15, -0.1) is 16.4 Å². The van der Waals surface area contributed by atoms with Gasteiger partial charge in [0, 0.05) is 0 Å². The molecule has 8 heteroatoms. The van der Waals surface area contributed by atoms with Gasteiger partial charge in [0.05, 0.1) is 15.1 Å². The predicted octanol–water partition coefficient (Wildman–Crippen LogP) is 2.59. The lowest BCUT2D eigenvalue weighted by Crippen LogP contribution is -2.05. The maximum Gasteiger partial charge on any atom is 0.229 e. The van der Waals surface area contributed by atoms with Crippen LogP contribution in [0.15, 0.2) is 39.6 Å². The van der Waals surface area contributed by atoms with Crippen LogP contribution in [0.25, 0.3) is 15.9 Å². The van der Waals surface area contributed by atoms with Crippen LogP contribution in [0.1, 0.15) is 11.1 Å². The second-order valence-corrected chi connectivity index (χ2v) is 8.02. The van der Waals surface area contributed by atoms with Gasteiger partial charge in [-0.2, -0.15) is 4.52 Å². The van der Waals surface area contributed by atoms with Gasteiger partial charge in [0.1, 0.15) is 6.20 Å². The highest BCUT2D eigenvalue weighted by Crippen LogP contribution is 2.26. The van der Waals surface area contributed by atoms with E-state index in [0.29, 0.717) is 0 Å². The molecule has 0 aliphatic carbocycles. The van der Waals surface area contributed by atoms with E-state index in [-0.39, 0.29) is 15.6 Å². The lowest BCUT2D eigenvalue weighted by atomic mass is 10.1. The van der Waals surface area contributed by atoms with E-state index < -0.39 is 9.84 Å². The van der Waals surface area contributed by atoms with E-state index in [9.17, 15) is 8.42 Å². The maximum atomic E-state index is 12.9. The van der Waals surface area contributed by atoms with Crippen molar-refractivity contribution in [3.63, 3.8) is 0 Å². The Balaban J connectivity index is 1.98.